The van der Waals surface area contributed by atoms with Gasteiger partial charge in [-0.15, -0.1) is 0 Å². The van der Waals surface area contributed by atoms with Crippen LogP contribution < -0.4 is 11.1 Å². The van der Waals surface area contributed by atoms with Crippen LogP contribution in [0.1, 0.15) is 11.3 Å². The van der Waals surface area contributed by atoms with E-state index in [1.807, 2.05) is 43.1 Å². The molecule has 0 atom stereocenters. The summed E-state index contributed by atoms with van der Waals surface area (Å²) in [5.41, 5.74) is 8.45. The van der Waals surface area contributed by atoms with Gasteiger partial charge in [-0.3, -0.25) is 4.68 Å². The smallest absolute Gasteiger partial charge is 0.126 e. The minimum Gasteiger partial charge on any atom is -0.397 e. The summed E-state index contributed by atoms with van der Waals surface area (Å²) < 4.78 is 1.91. The quantitative estimate of drug-likeness (QED) is 0.838. The van der Waals surface area contributed by atoms with Crippen molar-refractivity contribution in [1.82, 2.24) is 14.8 Å². The predicted molar refractivity (Wildman–Crippen MR) is 68.8 cm³/mol. The lowest BCUT2D eigenvalue weighted by Gasteiger charge is -2.07. The van der Waals surface area contributed by atoms with Gasteiger partial charge in [0, 0.05) is 12.7 Å². The number of nitrogens with one attached hydrogen (secondary N) is 1. The monoisotopic (exact) mass is 231 g/mol. The predicted octanol–water partition coefficient (Wildman–Crippen LogP) is 1.59. The largest absolute Gasteiger partial charge is 0.397 e. The molecule has 0 aliphatic carbocycles. The van der Waals surface area contributed by atoms with E-state index in [0.29, 0.717) is 0 Å². The van der Waals surface area contributed by atoms with Crippen LogP contribution >= 0.6 is 0 Å². The maximum Gasteiger partial charge on any atom is 0.126 e. The molecule has 0 aliphatic heterocycles. The molecule has 90 valence electrons. The molecule has 3 N–H and O–H groups in total. The van der Waals surface area contributed by atoms with E-state index in [9.17, 15) is 0 Å². The first kappa shape index (κ1) is 11.4. The molecule has 0 saturated carbocycles. The highest BCUT2D eigenvalue weighted by atomic mass is 15.3. The van der Waals surface area contributed by atoms with Crippen LogP contribution in [-0.4, -0.2) is 21.3 Å². The van der Waals surface area contributed by atoms with Gasteiger partial charge in [0.15, 0.2) is 0 Å². The number of nitrogens with zero attached hydrogens (tertiary/aromatic N) is 3. The average molecular weight is 231 g/mol. The first-order valence-corrected chi connectivity index (χ1v) is 5.61. The summed E-state index contributed by atoms with van der Waals surface area (Å²) in [6.45, 7) is 5.54. The molecule has 2 aromatic rings. The van der Waals surface area contributed by atoms with Gasteiger partial charge in [0.1, 0.15) is 5.82 Å². The molecule has 2 heterocycles. The van der Waals surface area contributed by atoms with Crippen molar-refractivity contribution in [3.05, 3.63) is 35.8 Å². The van der Waals surface area contributed by atoms with Crippen LogP contribution in [0.4, 0.5) is 11.5 Å². The highest BCUT2D eigenvalue weighted by Gasteiger charge is 1.98. The molecule has 0 bridgehead atoms. The number of rotatable bonds is 4. The lowest BCUT2D eigenvalue weighted by molar-refractivity contribution is 0.636. The zero-order chi connectivity index (χ0) is 12.3. The molecule has 0 spiro atoms. The van der Waals surface area contributed by atoms with E-state index in [4.69, 9.17) is 5.73 Å². The number of anilines is 2. The number of nitrogens with two attached hydrogens (primary N) is 1. The Morgan fingerprint density at radius 1 is 1.35 bits per heavy atom. The third-order valence-corrected chi connectivity index (χ3v) is 2.54. The minimum absolute atomic E-state index is 0.721. The summed E-state index contributed by atoms with van der Waals surface area (Å²) in [6.07, 6.45) is 3.87. The van der Waals surface area contributed by atoms with Gasteiger partial charge in [0.25, 0.3) is 0 Å². The average Bonchev–Trinajstić information content (AvgIpc) is 2.70. The van der Waals surface area contributed by atoms with Gasteiger partial charge in [-0.1, -0.05) is 0 Å². The molecule has 2 aromatic heterocycles. The van der Waals surface area contributed by atoms with Gasteiger partial charge < -0.3 is 11.1 Å². The number of pyridine rings is 1. The Balaban J connectivity index is 1.87. The zero-order valence-electron chi connectivity index (χ0n) is 10.1. The summed E-state index contributed by atoms with van der Waals surface area (Å²) in [5.74, 6) is 0.848. The van der Waals surface area contributed by atoms with Crippen molar-refractivity contribution >= 4 is 11.5 Å². The van der Waals surface area contributed by atoms with Gasteiger partial charge in [0.05, 0.1) is 24.1 Å². The first-order chi connectivity index (χ1) is 8.15. The third-order valence-electron chi connectivity index (χ3n) is 2.54. The van der Waals surface area contributed by atoms with Gasteiger partial charge in [-0.2, -0.15) is 5.10 Å². The second-order valence-electron chi connectivity index (χ2n) is 4.08. The minimum atomic E-state index is 0.721. The molecule has 5 nitrogen and oxygen atoms in total. The van der Waals surface area contributed by atoms with Crippen molar-refractivity contribution in [3.8, 4) is 0 Å². The van der Waals surface area contributed by atoms with E-state index in [-0.39, 0.29) is 0 Å². The Kier molecular flexibility index (Phi) is 3.27. The first-order valence-electron chi connectivity index (χ1n) is 5.61. The van der Waals surface area contributed by atoms with Crippen LogP contribution in [-0.2, 0) is 6.54 Å². The topological polar surface area (TPSA) is 68.8 Å². The Morgan fingerprint density at radius 2 is 2.18 bits per heavy atom. The molecule has 0 amide bonds. The molecule has 5 heteroatoms. The SMILES string of the molecule is Cc1cnn(CCNc2ccc(N)c(C)n2)c1. The van der Waals surface area contributed by atoms with Crippen molar-refractivity contribution < 1.29 is 0 Å². The van der Waals surface area contributed by atoms with Crippen LogP contribution in [0.5, 0.6) is 0 Å². The fraction of sp³-hybridized carbons (Fsp3) is 0.333. The standard InChI is InChI=1S/C12H17N5/c1-9-7-15-17(8-9)6-5-14-12-4-3-11(13)10(2)16-12/h3-4,7-8H,5-6,13H2,1-2H3,(H,14,16). The molecule has 2 rings (SSSR count). The lowest BCUT2D eigenvalue weighted by Crippen LogP contribution is -2.12. The second-order valence-corrected chi connectivity index (χ2v) is 4.08. The van der Waals surface area contributed by atoms with E-state index >= 15 is 0 Å². The number of hydrogen-bond donors (Lipinski definition) is 2. The van der Waals surface area contributed by atoms with Crippen molar-refractivity contribution in [2.45, 2.75) is 20.4 Å². The number of nitrogen functional groups attached to an aromatic ring is 1. The molecule has 0 saturated heterocycles. The molecule has 0 aliphatic rings. The fourth-order valence-electron chi connectivity index (χ4n) is 1.56. The molecule has 17 heavy (non-hydrogen) atoms. The van der Waals surface area contributed by atoms with Crippen LogP contribution in [0.25, 0.3) is 0 Å². The van der Waals surface area contributed by atoms with Crippen molar-refractivity contribution in [3.63, 3.8) is 0 Å². The number of hydrogen-bond acceptors (Lipinski definition) is 4. The molecular weight excluding hydrogens is 214 g/mol. The van der Waals surface area contributed by atoms with E-state index in [1.165, 1.54) is 5.56 Å². The zero-order valence-corrected chi connectivity index (χ0v) is 10.1. The van der Waals surface area contributed by atoms with Crippen LogP contribution in [0.2, 0.25) is 0 Å². The molecule has 0 aromatic carbocycles. The summed E-state index contributed by atoms with van der Waals surface area (Å²) >= 11 is 0. The maximum absolute atomic E-state index is 5.71. The number of aromatic nitrogens is 3. The summed E-state index contributed by atoms with van der Waals surface area (Å²) in [4.78, 5) is 4.34. The van der Waals surface area contributed by atoms with Crippen LogP contribution in [0.3, 0.4) is 0 Å². The fourth-order valence-corrected chi connectivity index (χ4v) is 1.56. The van der Waals surface area contributed by atoms with Crippen LogP contribution in [0.15, 0.2) is 24.5 Å². The maximum atomic E-state index is 5.71. The van der Waals surface area contributed by atoms with Gasteiger partial charge in [-0.05, 0) is 31.5 Å². The normalized spacial score (nSPS) is 10.5. The van der Waals surface area contributed by atoms with E-state index in [1.54, 1.807) is 0 Å². The van der Waals surface area contributed by atoms with Crippen LogP contribution in [0, 0.1) is 13.8 Å². The second kappa shape index (κ2) is 4.86. The van der Waals surface area contributed by atoms with Gasteiger partial charge in [-0.25, -0.2) is 4.98 Å². The van der Waals surface area contributed by atoms with E-state index in [0.717, 1.165) is 30.3 Å². The van der Waals surface area contributed by atoms with Gasteiger partial charge >= 0.3 is 0 Å². The molecular formula is C12H17N5. The Bertz CT molecular complexity index is 503. The summed E-state index contributed by atoms with van der Waals surface area (Å²) in [5, 5.41) is 7.46. The summed E-state index contributed by atoms with van der Waals surface area (Å²) in [6, 6.07) is 3.75. The van der Waals surface area contributed by atoms with E-state index < -0.39 is 0 Å². The highest BCUT2D eigenvalue weighted by Crippen LogP contribution is 2.11. The Labute approximate surface area is 101 Å². The molecule has 0 radical (unpaired) electrons. The Hall–Kier alpha value is -2.04. The number of aryl methyl sites for hydroxylation is 2. The Morgan fingerprint density at radius 3 is 2.82 bits per heavy atom. The van der Waals surface area contributed by atoms with Crippen molar-refractivity contribution in [2.24, 2.45) is 0 Å². The van der Waals surface area contributed by atoms with Crippen molar-refractivity contribution in [2.75, 3.05) is 17.6 Å². The highest BCUT2D eigenvalue weighted by molar-refractivity contribution is 5.48. The van der Waals surface area contributed by atoms with Crippen molar-refractivity contribution in [1.29, 1.82) is 0 Å². The lowest BCUT2D eigenvalue weighted by atomic mass is 10.3. The third kappa shape index (κ3) is 2.96. The summed E-state index contributed by atoms with van der Waals surface area (Å²) in [7, 11) is 0. The molecule has 0 fully saturated rings. The molecule has 0 unspecified atom stereocenters. The van der Waals surface area contributed by atoms with Gasteiger partial charge in [0.2, 0.25) is 0 Å². The van der Waals surface area contributed by atoms with E-state index in [2.05, 4.69) is 15.4 Å².